The van der Waals surface area contributed by atoms with Crippen LogP contribution in [0.4, 0.5) is 0 Å². The molecule has 0 aromatic heterocycles. The lowest BCUT2D eigenvalue weighted by Gasteiger charge is -2.24. The van der Waals surface area contributed by atoms with Crippen molar-refractivity contribution >= 4 is 0 Å². The normalized spacial score (nSPS) is 14.4. The van der Waals surface area contributed by atoms with E-state index in [1.54, 1.807) is 7.11 Å². The number of nitrogens with two attached hydrogens (primary N) is 1. The van der Waals surface area contributed by atoms with Crippen molar-refractivity contribution in [3.05, 3.63) is 29.8 Å². The summed E-state index contributed by atoms with van der Waals surface area (Å²) in [7, 11) is 1.67. The first-order valence-electron chi connectivity index (χ1n) is 7.09. The Morgan fingerprint density at radius 1 is 1.16 bits per heavy atom. The molecule has 19 heavy (non-hydrogen) atoms. The molecular weight excluding hydrogens is 238 g/mol. The molecule has 3 nitrogen and oxygen atoms in total. The van der Waals surface area contributed by atoms with E-state index in [0.29, 0.717) is 5.92 Å². The smallest absolute Gasteiger partial charge is 0.118 e. The molecule has 0 aliphatic heterocycles. The van der Waals surface area contributed by atoms with Gasteiger partial charge in [0.1, 0.15) is 5.75 Å². The highest BCUT2D eigenvalue weighted by Crippen LogP contribution is 2.24. The Kier molecular flexibility index (Phi) is 6.89. The Morgan fingerprint density at radius 2 is 1.79 bits per heavy atom. The molecule has 0 aliphatic rings. The predicted octanol–water partition coefficient (Wildman–Crippen LogP) is 3.54. The SMILES string of the molecule is CCC(N)C(OCCC(C)C)c1ccc(OC)cc1. The molecule has 0 saturated heterocycles. The quantitative estimate of drug-likeness (QED) is 0.782. The number of ether oxygens (including phenoxy) is 2. The van der Waals surface area contributed by atoms with Crippen LogP contribution < -0.4 is 10.5 Å². The molecule has 0 heterocycles. The van der Waals surface area contributed by atoms with Gasteiger partial charge in [-0.3, -0.25) is 0 Å². The zero-order valence-corrected chi connectivity index (χ0v) is 12.6. The van der Waals surface area contributed by atoms with Crippen molar-refractivity contribution in [2.75, 3.05) is 13.7 Å². The fourth-order valence-electron chi connectivity index (χ4n) is 1.91. The van der Waals surface area contributed by atoms with Crippen molar-refractivity contribution in [2.45, 2.75) is 45.8 Å². The molecule has 1 aromatic rings. The van der Waals surface area contributed by atoms with Gasteiger partial charge in [-0.2, -0.15) is 0 Å². The van der Waals surface area contributed by atoms with Gasteiger partial charge in [0.25, 0.3) is 0 Å². The second-order valence-electron chi connectivity index (χ2n) is 5.32. The van der Waals surface area contributed by atoms with Crippen molar-refractivity contribution in [3.63, 3.8) is 0 Å². The van der Waals surface area contributed by atoms with Gasteiger partial charge in [0.2, 0.25) is 0 Å². The second-order valence-corrected chi connectivity index (χ2v) is 5.32. The van der Waals surface area contributed by atoms with Gasteiger partial charge in [0.15, 0.2) is 0 Å². The molecule has 0 fully saturated rings. The van der Waals surface area contributed by atoms with E-state index in [9.17, 15) is 0 Å². The van der Waals surface area contributed by atoms with Crippen molar-refractivity contribution in [1.82, 2.24) is 0 Å². The molecule has 2 unspecified atom stereocenters. The maximum Gasteiger partial charge on any atom is 0.118 e. The van der Waals surface area contributed by atoms with E-state index in [-0.39, 0.29) is 12.1 Å². The first-order valence-corrected chi connectivity index (χ1v) is 7.09. The van der Waals surface area contributed by atoms with Gasteiger partial charge in [-0.05, 0) is 36.5 Å². The minimum absolute atomic E-state index is 0.0283. The van der Waals surface area contributed by atoms with E-state index in [1.165, 1.54) is 0 Å². The van der Waals surface area contributed by atoms with Gasteiger partial charge in [-0.25, -0.2) is 0 Å². The minimum atomic E-state index is -0.0327. The average molecular weight is 265 g/mol. The van der Waals surface area contributed by atoms with Gasteiger partial charge in [-0.1, -0.05) is 32.9 Å². The standard InChI is InChI=1S/C16H27NO2/c1-5-15(17)16(19-11-10-12(2)3)13-6-8-14(18-4)9-7-13/h6-9,12,15-16H,5,10-11,17H2,1-4H3. The van der Waals surface area contributed by atoms with E-state index in [0.717, 1.165) is 30.8 Å². The van der Waals surface area contributed by atoms with Gasteiger partial charge < -0.3 is 15.2 Å². The van der Waals surface area contributed by atoms with Crippen LogP contribution in [0.5, 0.6) is 5.75 Å². The fraction of sp³-hybridized carbons (Fsp3) is 0.625. The summed E-state index contributed by atoms with van der Waals surface area (Å²) in [5.74, 6) is 1.50. The van der Waals surface area contributed by atoms with Crippen LogP contribution in [0, 0.1) is 5.92 Å². The van der Waals surface area contributed by atoms with E-state index in [2.05, 4.69) is 20.8 Å². The number of methoxy groups -OCH3 is 1. The summed E-state index contributed by atoms with van der Waals surface area (Å²) in [6.07, 6.45) is 1.93. The second kappa shape index (κ2) is 8.18. The summed E-state index contributed by atoms with van der Waals surface area (Å²) >= 11 is 0. The predicted molar refractivity (Wildman–Crippen MR) is 79.4 cm³/mol. The van der Waals surface area contributed by atoms with Crippen LogP contribution in [-0.2, 0) is 4.74 Å². The van der Waals surface area contributed by atoms with Crippen LogP contribution in [0.2, 0.25) is 0 Å². The molecular formula is C16H27NO2. The van der Waals surface area contributed by atoms with E-state index < -0.39 is 0 Å². The Morgan fingerprint density at radius 3 is 2.26 bits per heavy atom. The fourth-order valence-corrected chi connectivity index (χ4v) is 1.91. The summed E-state index contributed by atoms with van der Waals surface area (Å²) in [4.78, 5) is 0. The van der Waals surface area contributed by atoms with Crippen molar-refractivity contribution < 1.29 is 9.47 Å². The Hall–Kier alpha value is -1.06. The number of hydrogen-bond donors (Lipinski definition) is 1. The van der Waals surface area contributed by atoms with Gasteiger partial charge in [0.05, 0.1) is 13.2 Å². The molecule has 3 heteroatoms. The molecule has 0 bridgehead atoms. The first-order chi connectivity index (χ1) is 9.08. The topological polar surface area (TPSA) is 44.5 Å². The van der Waals surface area contributed by atoms with Crippen LogP contribution in [0.1, 0.15) is 45.3 Å². The lowest BCUT2D eigenvalue weighted by molar-refractivity contribution is 0.0275. The van der Waals surface area contributed by atoms with Crippen LogP contribution in [0.3, 0.4) is 0 Å². The lowest BCUT2D eigenvalue weighted by Crippen LogP contribution is -2.30. The molecule has 1 rings (SSSR count). The number of hydrogen-bond acceptors (Lipinski definition) is 3. The Balaban J connectivity index is 2.71. The van der Waals surface area contributed by atoms with E-state index in [1.807, 2.05) is 24.3 Å². The molecule has 0 saturated carbocycles. The summed E-state index contributed by atoms with van der Waals surface area (Å²) < 4.78 is 11.2. The van der Waals surface area contributed by atoms with Gasteiger partial charge in [0, 0.05) is 12.6 Å². The molecule has 0 aliphatic carbocycles. The summed E-state index contributed by atoms with van der Waals surface area (Å²) in [5.41, 5.74) is 7.30. The molecule has 2 N–H and O–H groups in total. The third kappa shape index (κ3) is 5.21. The Bertz CT molecular complexity index is 348. The maximum atomic E-state index is 6.18. The highest BCUT2D eigenvalue weighted by atomic mass is 16.5. The average Bonchev–Trinajstić information content (AvgIpc) is 2.43. The minimum Gasteiger partial charge on any atom is -0.497 e. The first kappa shape index (κ1) is 16.0. The highest BCUT2D eigenvalue weighted by molar-refractivity contribution is 5.29. The molecule has 0 spiro atoms. The van der Waals surface area contributed by atoms with Crippen LogP contribution >= 0.6 is 0 Å². The van der Waals surface area contributed by atoms with Crippen LogP contribution in [0.15, 0.2) is 24.3 Å². The van der Waals surface area contributed by atoms with Gasteiger partial charge >= 0.3 is 0 Å². The summed E-state index contributed by atoms with van der Waals surface area (Å²) in [5, 5.41) is 0. The molecule has 0 radical (unpaired) electrons. The molecule has 0 amide bonds. The lowest BCUT2D eigenvalue weighted by atomic mass is 10.0. The van der Waals surface area contributed by atoms with Crippen LogP contribution in [-0.4, -0.2) is 19.8 Å². The van der Waals surface area contributed by atoms with E-state index >= 15 is 0 Å². The van der Waals surface area contributed by atoms with Crippen molar-refractivity contribution in [2.24, 2.45) is 11.7 Å². The molecule has 108 valence electrons. The number of benzene rings is 1. The van der Waals surface area contributed by atoms with E-state index in [4.69, 9.17) is 15.2 Å². The maximum absolute atomic E-state index is 6.18. The largest absolute Gasteiger partial charge is 0.497 e. The van der Waals surface area contributed by atoms with Gasteiger partial charge in [-0.15, -0.1) is 0 Å². The number of rotatable bonds is 8. The van der Waals surface area contributed by atoms with Crippen molar-refractivity contribution in [1.29, 1.82) is 0 Å². The molecule has 1 aromatic carbocycles. The van der Waals surface area contributed by atoms with Crippen LogP contribution in [0.25, 0.3) is 0 Å². The molecule has 2 atom stereocenters. The Labute approximate surface area is 117 Å². The third-order valence-corrected chi connectivity index (χ3v) is 3.30. The summed E-state index contributed by atoms with van der Waals surface area (Å²) in [6, 6.07) is 8.01. The third-order valence-electron chi connectivity index (χ3n) is 3.30. The zero-order chi connectivity index (χ0) is 14.3. The van der Waals surface area contributed by atoms with Crippen molar-refractivity contribution in [3.8, 4) is 5.75 Å². The zero-order valence-electron chi connectivity index (χ0n) is 12.6. The monoisotopic (exact) mass is 265 g/mol. The highest BCUT2D eigenvalue weighted by Gasteiger charge is 2.19. The summed E-state index contributed by atoms with van der Waals surface area (Å²) in [6.45, 7) is 7.24.